The lowest BCUT2D eigenvalue weighted by Gasteiger charge is -2.43. The Labute approximate surface area is 169 Å². The van der Waals surface area contributed by atoms with E-state index in [9.17, 15) is 4.79 Å². The summed E-state index contributed by atoms with van der Waals surface area (Å²) in [5.74, 6) is 1.69. The topological polar surface area (TPSA) is 47.6 Å². The van der Waals surface area contributed by atoms with Gasteiger partial charge in [0.2, 0.25) is 5.91 Å². The first kappa shape index (κ1) is 20.2. The maximum atomic E-state index is 13.2. The Morgan fingerprint density at radius 1 is 1.00 bits per heavy atom. The Morgan fingerprint density at radius 3 is 2.46 bits per heavy atom. The predicted octanol–water partition coefficient (Wildman–Crippen LogP) is 5.72. The Kier molecular flexibility index (Phi) is 5.42. The quantitative estimate of drug-likeness (QED) is 0.633. The molecule has 0 saturated heterocycles. The molecule has 0 aromatic heterocycles. The molecule has 0 fully saturated rings. The van der Waals surface area contributed by atoms with Gasteiger partial charge in [-0.2, -0.15) is 0 Å². The summed E-state index contributed by atoms with van der Waals surface area (Å²) in [6.07, 6.45) is 1.50. The molecule has 1 amide bonds. The molecule has 3 heterocycles. The van der Waals surface area contributed by atoms with Gasteiger partial charge in [0.15, 0.2) is 0 Å². The number of carbonyl (C=O) groups is 1. The number of benzene rings is 2. The molecule has 1 unspecified atom stereocenters. The number of rotatable bonds is 0. The minimum Gasteiger partial charge on any atom is -0.493 e. The highest BCUT2D eigenvalue weighted by atomic mass is 16.5. The fraction of sp³-hybridized carbons (Fsp3) is 0.458. The second kappa shape index (κ2) is 7.50. The summed E-state index contributed by atoms with van der Waals surface area (Å²) >= 11 is 0. The highest BCUT2D eigenvalue weighted by Crippen LogP contribution is 2.55. The zero-order valence-corrected chi connectivity index (χ0v) is 17.8. The molecule has 152 valence electrons. The Balaban J connectivity index is 0.000000567. The highest BCUT2D eigenvalue weighted by Gasteiger charge is 2.55. The van der Waals surface area contributed by atoms with Gasteiger partial charge in [-0.25, -0.2) is 0 Å². The monoisotopic (exact) mass is 383 g/mol. The third kappa shape index (κ3) is 2.95. The third-order valence-electron chi connectivity index (χ3n) is 5.35. The molecule has 1 spiro atoms. The van der Waals surface area contributed by atoms with Crippen LogP contribution in [0.25, 0.3) is 0 Å². The van der Waals surface area contributed by atoms with Gasteiger partial charge in [0.1, 0.15) is 22.5 Å². The van der Waals surface area contributed by atoms with E-state index in [1.54, 1.807) is 0 Å². The number of anilines is 1. The number of ether oxygens (including phenoxy) is 2. The fourth-order valence-electron chi connectivity index (χ4n) is 4.45. The van der Waals surface area contributed by atoms with Crippen molar-refractivity contribution in [3.05, 3.63) is 53.1 Å². The maximum Gasteiger partial charge on any atom is 0.239 e. The molecule has 1 N–H and O–H groups in total. The molecule has 2 aromatic carbocycles. The van der Waals surface area contributed by atoms with E-state index in [0.29, 0.717) is 13.0 Å². The number of hydrogen-bond donors (Lipinski definition) is 1. The van der Waals surface area contributed by atoms with Crippen LogP contribution in [0.2, 0.25) is 0 Å². The Hall–Kier alpha value is -2.49. The van der Waals surface area contributed by atoms with Gasteiger partial charge in [0, 0.05) is 31.6 Å². The molecule has 4 heteroatoms. The molecule has 3 aliphatic rings. The number of carbonyl (C=O) groups excluding carboxylic acids is 1. The van der Waals surface area contributed by atoms with E-state index in [2.05, 4.69) is 17.4 Å². The molecule has 0 radical (unpaired) electrons. The average molecular weight is 384 g/mol. The standard InChI is InChI=1S/C20H19NO3.2C2H6.H2/c1-19(2)11-20(13-5-3-4-6-15(13)21-18(20)22)14-9-12-7-8-23-16(12)10-17(14)24-19;2*1-2;/h3-6,9-10H,7-8,11H2,1-2H3,(H,21,22);2*1-2H3;1H. The lowest BCUT2D eigenvalue weighted by Crippen LogP contribution is -2.48. The van der Waals surface area contributed by atoms with Crippen molar-refractivity contribution in [1.82, 2.24) is 0 Å². The molecule has 2 aromatic rings. The first-order chi connectivity index (χ1) is 13.5. The predicted molar refractivity (Wildman–Crippen MR) is 116 cm³/mol. The van der Waals surface area contributed by atoms with Crippen molar-refractivity contribution in [2.45, 2.75) is 65.4 Å². The van der Waals surface area contributed by atoms with E-state index in [1.807, 2.05) is 65.8 Å². The lowest BCUT2D eigenvalue weighted by molar-refractivity contribution is -0.122. The van der Waals surface area contributed by atoms with Crippen LogP contribution < -0.4 is 14.8 Å². The molecule has 0 aliphatic carbocycles. The van der Waals surface area contributed by atoms with Crippen LogP contribution in [0.5, 0.6) is 11.5 Å². The normalized spacial score (nSPS) is 22.1. The first-order valence-corrected chi connectivity index (χ1v) is 10.4. The van der Waals surface area contributed by atoms with Gasteiger partial charge in [-0.3, -0.25) is 4.79 Å². The first-order valence-electron chi connectivity index (χ1n) is 10.4. The van der Waals surface area contributed by atoms with Crippen LogP contribution in [0.3, 0.4) is 0 Å². The number of amides is 1. The van der Waals surface area contributed by atoms with Crippen LogP contribution in [-0.4, -0.2) is 18.1 Å². The van der Waals surface area contributed by atoms with E-state index in [4.69, 9.17) is 9.47 Å². The molecule has 0 saturated carbocycles. The van der Waals surface area contributed by atoms with E-state index < -0.39 is 11.0 Å². The molecule has 1 atom stereocenters. The summed E-state index contributed by atoms with van der Waals surface area (Å²) in [6.45, 7) is 12.8. The smallest absolute Gasteiger partial charge is 0.239 e. The third-order valence-corrected chi connectivity index (χ3v) is 5.35. The number of hydrogen-bond acceptors (Lipinski definition) is 3. The molecular weight excluding hydrogens is 350 g/mol. The zero-order chi connectivity index (χ0) is 20.5. The van der Waals surface area contributed by atoms with Crippen molar-refractivity contribution in [3.8, 4) is 11.5 Å². The SMILES string of the molecule is CC.CC.CC1(C)CC2(C(=O)Nc3ccccc32)c2cc3c(cc2O1)OCC3.[HH]. The number of nitrogens with one attached hydrogen (secondary N) is 1. The van der Waals surface area contributed by atoms with Gasteiger partial charge in [0.25, 0.3) is 0 Å². The van der Waals surface area contributed by atoms with Crippen molar-refractivity contribution >= 4 is 11.6 Å². The Morgan fingerprint density at radius 2 is 1.71 bits per heavy atom. The van der Waals surface area contributed by atoms with E-state index in [1.165, 1.54) is 0 Å². The van der Waals surface area contributed by atoms with Crippen molar-refractivity contribution < 1.29 is 15.7 Å². The summed E-state index contributed by atoms with van der Waals surface area (Å²) in [5, 5.41) is 3.08. The number of fused-ring (bicyclic) bond motifs is 5. The van der Waals surface area contributed by atoms with Gasteiger partial charge in [0.05, 0.1) is 6.61 Å². The molecule has 5 rings (SSSR count). The molecule has 0 bridgehead atoms. The van der Waals surface area contributed by atoms with Gasteiger partial charge < -0.3 is 14.8 Å². The zero-order valence-electron chi connectivity index (χ0n) is 17.8. The van der Waals surface area contributed by atoms with Gasteiger partial charge >= 0.3 is 0 Å². The second-order valence-corrected chi connectivity index (χ2v) is 7.50. The fourth-order valence-corrected chi connectivity index (χ4v) is 4.45. The maximum absolute atomic E-state index is 13.2. The van der Waals surface area contributed by atoms with E-state index in [-0.39, 0.29) is 7.33 Å². The summed E-state index contributed by atoms with van der Waals surface area (Å²) in [7, 11) is 0. The van der Waals surface area contributed by atoms with Crippen molar-refractivity contribution in [1.29, 1.82) is 0 Å². The minimum absolute atomic E-state index is 0. The molecular formula is C24H33NO3. The van der Waals surface area contributed by atoms with Gasteiger partial charge in [-0.15, -0.1) is 0 Å². The highest BCUT2D eigenvalue weighted by molar-refractivity contribution is 6.09. The molecule has 28 heavy (non-hydrogen) atoms. The summed E-state index contributed by atoms with van der Waals surface area (Å²) in [6, 6.07) is 12.1. The van der Waals surface area contributed by atoms with Crippen LogP contribution >= 0.6 is 0 Å². The minimum atomic E-state index is -0.689. The molecule has 3 aliphatic heterocycles. The van der Waals surface area contributed by atoms with Crippen LogP contribution in [0.15, 0.2) is 36.4 Å². The van der Waals surface area contributed by atoms with Crippen molar-refractivity contribution in [2.24, 2.45) is 0 Å². The van der Waals surface area contributed by atoms with Crippen LogP contribution in [0.4, 0.5) is 5.69 Å². The van der Waals surface area contributed by atoms with Gasteiger partial charge in [-0.1, -0.05) is 45.9 Å². The van der Waals surface area contributed by atoms with Crippen LogP contribution in [0, 0.1) is 0 Å². The van der Waals surface area contributed by atoms with Crippen molar-refractivity contribution in [3.63, 3.8) is 0 Å². The average Bonchev–Trinajstić information content (AvgIpc) is 3.26. The van der Waals surface area contributed by atoms with Crippen molar-refractivity contribution in [2.75, 3.05) is 11.9 Å². The van der Waals surface area contributed by atoms with E-state index in [0.717, 1.165) is 40.3 Å². The van der Waals surface area contributed by atoms with E-state index >= 15 is 0 Å². The number of para-hydroxylation sites is 1. The molecule has 4 nitrogen and oxygen atoms in total. The summed E-state index contributed by atoms with van der Waals surface area (Å²) in [4.78, 5) is 13.2. The second-order valence-electron chi connectivity index (χ2n) is 7.50. The Bertz CT molecular complexity index is 894. The van der Waals surface area contributed by atoms with Crippen LogP contribution in [0.1, 0.15) is 66.1 Å². The van der Waals surface area contributed by atoms with Gasteiger partial charge in [-0.05, 0) is 37.1 Å². The largest absolute Gasteiger partial charge is 0.493 e. The summed E-state index contributed by atoms with van der Waals surface area (Å²) in [5.41, 5.74) is 2.96. The van der Waals surface area contributed by atoms with Crippen LogP contribution in [-0.2, 0) is 16.6 Å². The summed E-state index contributed by atoms with van der Waals surface area (Å²) < 4.78 is 11.9. The lowest BCUT2D eigenvalue weighted by atomic mass is 9.67.